The zero-order valence-electron chi connectivity index (χ0n) is 20.0. The SMILES string of the molecule is COc1cccc([C@@H](Oc2ccc3c(cnn3-c3ccc(F)cc3)c2)C(C)NC(=O)c2ccc(Cl)s2)c1. The quantitative estimate of drug-likeness (QED) is 0.236. The van der Waals surface area contributed by atoms with Crippen LogP contribution in [0.2, 0.25) is 4.34 Å². The monoisotopic (exact) mass is 535 g/mol. The molecule has 6 nitrogen and oxygen atoms in total. The molecule has 1 amide bonds. The third-order valence-corrected chi connectivity index (χ3v) is 7.14. The molecule has 1 unspecified atom stereocenters. The summed E-state index contributed by atoms with van der Waals surface area (Å²) in [5, 5.41) is 8.35. The van der Waals surface area contributed by atoms with Crippen molar-refractivity contribution in [3.63, 3.8) is 0 Å². The van der Waals surface area contributed by atoms with E-state index in [-0.39, 0.29) is 11.7 Å². The molecule has 3 aromatic carbocycles. The molecule has 5 aromatic rings. The third-order valence-electron chi connectivity index (χ3n) is 5.91. The number of nitrogens with one attached hydrogen (secondary N) is 1. The zero-order valence-corrected chi connectivity index (χ0v) is 21.6. The molecule has 0 saturated heterocycles. The number of rotatable bonds is 8. The number of carbonyl (C=O) groups excluding carboxylic acids is 1. The Morgan fingerprint density at radius 1 is 1.05 bits per heavy atom. The molecule has 9 heteroatoms. The number of methoxy groups -OCH3 is 1. The lowest BCUT2D eigenvalue weighted by Crippen LogP contribution is -2.39. The lowest BCUT2D eigenvalue weighted by Gasteiger charge is -2.27. The van der Waals surface area contributed by atoms with Crippen LogP contribution in [0.5, 0.6) is 11.5 Å². The summed E-state index contributed by atoms with van der Waals surface area (Å²) in [5.41, 5.74) is 2.45. The van der Waals surface area contributed by atoms with Crippen molar-refractivity contribution in [1.82, 2.24) is 15.1 Å². The maximum atomic E-state index is 13.4. The molecule has 0 aliphatic carbocycles. The first-order valence-corrected chi connectivity index (χ1v) is 12.7. The van der Waals surface area contributed by atoms with Crippen LogP contribution < -0.4 is 14.8 Å². The van der Waals surface area contributed by atoms with Gasteiger partial charge in [0, 0.05) is 5.39 Å². The van der Waals surface area contributed by atoms with Crippen molar-refractivity contribution in [2.45, 2.75) is 19.1 Å². The fourth-order valence-electron chi connectivity index (χ4n) is 4.09. The summed E-state index contributed by atoms with van der Waals surface area (Å²) < 4.78 is 27.5. The number of hydrogen-bond donors (Lipinski definition) is 1. The van der Waals surface area contributed by atoms with Crippen LogP contribution in [0.15, 0.2) is 85.1 Å². The minimum absolute atomic E-state index is 0.225. The number of halogens is 2. The van der Waals surface area contributed by atoms with E-state index in [1.807, 2.05) is 49.4 Å². The van der Waals surface area contributed by atoms with E-state index in [1.165, 1.54) is 23.5 Å². The largest absolute Gasteiger partial charge is 0.497 e. The summed E-state index contributed by atoms with van der Waals surface area (Å²) >= 11 is 7.23. The molecule has 0 radical (unpaired) electrons. The van der Waals surface area contributed by atoms with Crippen LogP contribution in [0.1, 0.15) is 28.3 Å². The van der Waals surface area contributed by atoms with Gasteiger partial charge in [-0.3, -0.25) is 4.79 Å². The highest BCUT2D eigenvalue weighted by molar-refractivity contribution is 7.18. The fourth-order valence-corrected chi connectivity index (χ4v) is 5.03. The number of thiophene rings is 1. The van der Waals surface area contributed by atoms with Crippen LogP contribution in [-0.2, 0) is 0 Å². The first kappa shape index (κ1) is 24.8. The van der Waals surface area contributed by atoms with E-state index in [2.05, 4.69) is 10.4 Å². The molecule has 2 aromatic heterocycles. The zero-order chi connectivity index (χ0) is 25.9. The summed E-state index contributed by atoms with van der Waals surface area (Å²) in [6.45, 7) is 1.89. The van der Waals surface area contributed by atoms with Crippen molar-refractivity contribution in [2.24, 2.45) is 0 Å². The van der Waals surface area contributed by atoms with Gasteiger partial charge in [0.1, 0.15) is 23.4 Å². The molecule has 37 heavy (non-hydrogen) atoms. The van der Waals surface area contributed by atoms with Crippen LogP contribution in [0.4, 0.5) is 4.39 Å². The van der Waals surface area contributed by atoms with Crippen LogP contribution in [0.3, 0.4) is 0 Å². The minimum Gasteiger partial charge on any atom is -0.497 e. The van der Waals surface area contributed by atoms with Crippen molar-refractivity contribution < 1.29 is 18.7 Å². The van der Waals surface area contributed by atoms with Crippen molar-refractivity contribution in [1.29, 1.82) is 0 Å². The molecule has 0 spiro atoms. The number of carbonyl (C=O) groups is 1. The Labute approximate surface area is 222 Å². The van der Waals surface area contributed by atoms with Gasteiger partial charge in [0.25, 0.3) is 5.91 Å². The molecule has 0 saturated carbocycles. The van der Waals surface area contributed by atoms with E-state index in [1.54, 1.807) is 42.3 Å². The van der Waals surface area contributed by atoms with Gasteiger partial charge in [-0.25, -0.2) is 9.07 Å². The highest BCUT2D eigenvalue weighted by Crippen LogP contribution is 2.31. The fraction of sp³-hybridized carbons (Fsp3) is 0.143. The number of ether oxygens (including phenoxy) is 2. The molecule has 1 N–H and O–H groups in total. The summed E-state index contributed by atoms with van der Waals surface area (Å²) in [5.74, 6) is 0.768. The Hall–Kier alpha value is -3.88. The van der Waals surface area contributed by atoms with E-state index < -0.39 is 12.1 Å². The Kier molecular flexibility index (Phi) is 7.12. The first-order chi connectivity index (χ1) is 17.9. The predicted molar refractivity (Wildman–Crippen MR) is 144 cm³/mol. The van der Waals surface area contributed by atoms with Crippen LogP contribution in [-0.4, -0.2) is 28.8 Å². The maximum Gasteiger partial charge on any atom is 0.261 e. The molecule has 188 valence electrons. The van der Waals surface area contributed by atoms with Crippen LogP contribution in [0, 0.1) is 5.82 Å². The highest BCUT2D eigenvalue weighted by Gasteiger charge is 2.25. The summed E-state index contributed by atoms with van der Waals surface area (Å²) in [6.07, 6.45) is 1.22. The van der Waals surface area contributed by atoms with Gasteiger partial charge in [-0.2, -0.15) is 5.10 Å². The molecule has 2 atom stereocenters. The Morgan fingerprint density at radius 2 is 1.86 bits per heavy atom. The molecular formula is C28H23ClFN3O3S. The van der Waals surface area contributed by atoms with Gasteiger partial charge in [-0.15, -0.1) is 11.3 Å². The molecule has 5 rings (SSSR count). The van der Waals surface area contributed by atoms with Gasteiger partial charge in [0.05, 0.1) is 39.8 Å². The Bertz CT molecular complexity index is 1550. The second-order valence-electron chi connectivity index (χ2n) is 8.43. The number of amides is 1. The molecule has 0 fully saturated rings. The van der Waals surface area contributed by atoms with Gasteiger partial charge >= 0.3 is 0 Å². The molecule has 0 aliphatic heterocycles. The van der Waals surface area contributed by atoms with Crippen LogP contribution >= 0.6 is 22.9 Å². The lowest BCUT2D eigenvalue weighted by molar-refractivity contribution is 0.0886. The summed E-state index contributed by atoms with van der Waals surface area (Å²) in [4.78, 5) is 13.4. The van der Waals surface area contributed by atoms with Crippen molar-refractivity contribution in [3.8, 4) is 17.2 Å². The van der Waals surface area contributed by atoms with E-state index in [9.17, 15) is 9.18 Å². The summed E-state index contributed by atoms with van der Waals surface area (Å²) in [6, 6.07) is 22.4. The first-order valence-electron chi connectivity index (χ1n) is 11.5. The highest BCUT2D eigenvalue weighted by atomic mass is 35.5. The maximum absolute atomic E-state index is 13.4. The molecule has 0 aliphatic rings. The second-order valence-corrected chi connectivity index (χ2v) is 10.1. The second kappa shape index (κ2) is 10.6. The standard InChI is InChI=1S/C28H23ClFN3O3S/c1-17(32-28(34)25-12-13-26(29)37-25)27(18-4-3-5-22(14-18)35-2)36-23-10-11-24-19(15-23)16-31-33(24)21-8-6-20(30)7-9-21/h3-17,27H,1-2H3,(H,32,34)/t17?,27-/m0/s1. The van der Waals surface area contributed by atoms with Gasteiger partial charge in [-0.05, 0) is 79.2 Å². The smallest absolute Gasteiger partial charge is 0.261 e. The summed E-state index contributed by atoms with van der Waals surface area (Å²) in [7, 11) is 1.60. The van der Waals surface area contributed by atoms with Gasteiger partial charge < -0.3 is 14.8 Å². The van der Waals surface area contributed by atoms with Crippen molar-refractivity contribution in [3.05, 3.63) is 106 Å². The van der Waals surface area contributed by atoms with E-state index in [0.717, 1.165) is 22.2 Å². The average Bonchev–Trinajstić information content (AvgIpc) is 3.54. The third kappa shape index (κ3) is 5.45. The van der Waals surface area contributed by atoms with Crippen molar-refractivity contribution in [2.75, 3.05) is 7.11 Å². The Balaban J connectivity index is 1.44. The Morgan fingerprint density at radius 3 is 2.59 bits per heavy atom. The normalized spacial score (nSPS) is 12.8. The number of fused-ring (bicyclic) bond motifs is 1. The molecular weight excluding hydrogens is 513 g/mol. The van der Waals surface area contributed by atoms with Crippen molar-refractivity contribution >= 4 is 39.7 Å². The van der Waals surface area contributed by atoms with Gasteiger partial charge in [0.15, 0.2) is 0 Å². The van der Waals surface area contributed by atoms with Gasteiger partial charge in [-0.1, -0.05) is 23.7 Å². The van der Waals surface area contributed by atoms with E-state index in [0.29, 0.717) is 20.7 Å². The van der Waals surface area contributed by atoms with Crippen LogP contribution in [0.25, 0.3) is 16.6 Å². The number of nitrogens with zero attached hydrogens (tertiary/aromatic N) is 2. The lowest BCUT2D eigenvalue weighted by atomic mass is 10.0. The predicted octanol–water partition coefficient (Wildman–Crippen LogP) is 6.83. The van der Waals surface area contributed by atoms with Gasteiger partial charge in [0.2, 0.25) is 0 Å². The van der Waals surface area contributed by atoms with E-state index >= 15 is 0 Å². The van der Waals surface area contributed by atoms with E-state index in [4.69, 9.17) is 21.1 Å². The molecule has 0 bridgehead atoms. The number of benzene rings is 3. The number of hydrogen-bond acceptors (Lipinski definition) is 5. The number of aromatic nitrogens is 2. The molecule has 2 heterocycles. The topological polar surface area (TPSA) is 65.4 Å². The average molecular weight is 536 g/mol. The minimum atomic E-state index is -0.515.